The van der Waals surface area contributed by atoms with Crippen LogP contribution in [0, 0.1) is 5.82 Å². The highest BCUT2D eigenvalue weighted by Gasteiger charge is 2.11. The van der Waals surface area contributed by atoms with E-state index in [2.05, 4.69) is 15.5 Å². The lowest BCUT2D eigenvalue weighted by atomic mass is 10.2. The Labute approximate surface area is 108 Å². The van der Waals surface area contributed by atoms with Crippen LogP contribution >= 0.6 is 0 Å². The van der Waals surface area contributed by atoms with Crippen LogP contribution in [-0.4, -0.2) is 18.6 Å². The molecule has 2 aromatic rings. The van der Waals surface area contributed by atoms with Crippen molar-refractivity contribution in [2.24, 2.45) is 5.14 Å². The topological polar surface area (TPSA) is 127 Å². The van der Waals surface area contributed by atoms with Crippen LogP contribution in [0.15, 0.2) is 29.3 Å². The fourth-order valence-corrected chi connectivity index (χ4v) is 1.99. The summed E-state index contributed by atoms with van der Waals surface area (Å²) in [6.45, 7) is 0.258. The molecule has 0 radical (unpaired) electrons. The summed E-state index contributed by atoms with van der Waals surface area (Å²) in [5.41, 5.74) is 6.40. The molecule has 1 aromatic heterocycles. The van der Waals surface area contributed by atoms with E-state index in [0.717, 1.165) is 6.07 Å². The number of sulfonamides is 1. The molecule has 0 unspecified atom stereocenters. The molecule has 7 nitrogen and oxygen atoms in total. The fourth-order valence-electron chi connectivity index (χ4n) is 1.47. The fraction of sp³-hybridized carbons (Fsp3) is 0.100. The molecule has 0 atom stereocenters. The van der Waals surface area contributed by atoms with Gasteiger partial charge in [-0.05, 0) is 18.2 Å². The zero-order valence-corrected chi connectivity index (χ0v) is 10.5. The third-order valence-corrected chi connectivity index (χ3v) is 3.40. The second-order valence-corrected chi connectivity index (χ2v) is 5.41. The van der Waals surface area contributed by atoms with Gasteiger partial charge in [-0.3, -0.25) is 5.10 Å². The quantitative estimate of drug-likeness (QED) is 0.646. The van der Waals surface area contributed by atoms with Gasteiger partial charge in [0, 0.05) is 12.1 Å². The van der Waals surface area contributed by atoms with E-state index in [4.69, 9.17) is 10.9 Å². The van der Waals surface area contributed by atoms with Gasteiger partial charge in [0.2, 0.25) is 10.0 Å². The number of H-pyrrole nitrogens is 1. The molecule has 1 aromatic carbocycles. The van der Waals surface area contributed by atoms with Crippen LogP contribution in [0.5, 0.6) is 0 Å². The Morgan fingerprint density at radius 3 is 2.68 bits per heavy atom. The molecule has 0 aliphatic rings. The van der Waals surface area contributed by atoms with Crippen molar-refractivity contribution in [3.05, 3.63) is 35.8 Å². The summed E-state index contributed by atoms with van der Waals surface area (Å²) < 4.78 is 35.8. The molecule has 6 N–H and O–H groups in total. The number of nitrogen functional groups attached to an aromatic ring is 1. The van der Waals surface area contributed by atoms with E-state index >= 15 is 0 Å². The van der Waals surface area contributed by atoms with E-state index in [9.17, 15) is 12.8 Å². The number of benzene rings is 1. The normalized spacial score (nSPS) is 11.5. The van der Waals surface area contributed by atoms with Gasteiger partial charge in [-0.25, -0.2) is 17.9 Å². The zero-order valence-electron chi connectivity index (χ0n) is 9.72. The molecule has 1 heterocycles. The average Bonchev–Trinajstić information content (AvgIpc) is 2.72. The molecule has 0 saturated carbocycles. The molecular weight excluding hydrogens is 273 g/mol. The maximum atomic E-state index is 13.7. The van der Waals surface area contributed by atoms with Crippen LogP contribution in [0.3, 0.4) is 0 Å². The molecule has 0 fully saturated rings. The molecule has 0 saturated heterocycles. The van der Waals surface area contributed by atoms with Crippen LogP contribution in [0.4, 0.5) is 15.9 Å². The number of nitrogens with zero attached hydrogens (tertiary/aromatic N) is 1. The predicted octanol–water partition coefficient (Wildman–Crippen LogP) is 0.391. The first-order chi connectivity index (χ1) is 8.88. The zero-order chi connectivity index (χ0) is 14.0. The van der Waals surface area contributed by atoms with Crippen molar-refractivity contribution in [1.82, 2.24) is 10.2 Å². The largest absolute Gasteiger partial charge is 0.384 e. The highest BCUT2D eigenvalue weighted by atomic mass is 32.2. The van der Waals surface area contributed by atoms with Crippen LogP contribution in [0.1, 0.15) is 5.56 Å². The molecule has 0 aliphatic heterocycles. The van der Waals surface area contributed by atoms with Crippen LogP contribution in [-0.2, 0) is 16.6 Å². The Kier molecular flexibility index (Phi) is 3.40. The summed E-state index contributed by atoms with van der Waals surface area (Å²) in [5, 5.41) is 14.0. The molecule has 0 aliphatic carbocycles. The SMILES string of the molecule is Nc1[nH]ncc1CNc1ccc(S(N)(=O)=O)cc1F. The van der Waals surface area contributed by atoms with Crippen molar-refractivity contribution in [1.29, 1.82) is 0 Å². The molecule has 0 spiro atoms. The van der Waals surface area contributed by atoms with E-state index in [1.54, 1.807) is 0 Å². The summed E-state index contributed by atoms with van der Waals surface area (Å²) in [7, 11) is -3.91. The predicted molar refractivity (Wildman–Crippen MR) is 68.1 cm³/mol. The first-order valence-corrected chi connectivity index (χ1v) is 6.76. The van der Waals surface area contributed by atoms with E-state index < -0.39 is 15.8 Å². The van der Waals surface area contributed by atoms with E-state index in [1.807, 2.05) is 0 Å². The Bertz CT molecular complexity index is 698. The second-order valence-electron chi connectivity index (χ2n) is 3.85. The number of nitrogens with two attached hydrogens (primary N) is 2. The number of hydrogen-bond acceptors (Lipinski definition) is 5. The van der Waals surface area contributed by atoms with Crippen molar-refractivity contribution in [2.45, 2.75) is 11.4 Å². The highest BCUT2D eigenvalue weighted by molar-refractivity contribution is 7.89. The lowest BCUT2D eigenvalue weighted by Gasteiger charge is -2.08. The van der Waals surface area contributed by atoms with Crippen LogP contribution < -0.4 is 16.2 Å². The maximum Gasteiger partial charge on any atom is 0.238 e. The molecule has 9 heteroatoms. The second kappa shape index (κ2) is 4.86. The summed E-state index contributed by atoms with van der Waals surface area (Å²) in [6.07, 6.45) is 1.51. The minimum absolute atomic E-state index is 0.146. The van der Waals surface area contributed by atoms with Crippen molar-refractivity contribution in [3.8, 4) is 0 Å². The minimum atomic E-state index is -3.91. The first-order valence-electron chi connectivity index (χ1n) is 5.22. The van der Waals surface area contributed by atoms with Crippen molar-refractivity contribution in [3.63, 3.8) is 0 Å². The lowest BCUT2D eigenvalue weighted by molar-refractivity contribution is 0.593. The van der Waals surface area contributed by atoms with Gasteiger partial charge < -0.3 is 11.1 Å². The van der Waals surface area contributed by atoms with Gasteiger partial charge in [-0.2, -0.15) is 5.10 Å². The minimum Gasteiger partial charge on any atom is -0.384 e. The van der Waals surface area contributed by atoms with E-state index in [-0.39, 0.29) is 17.1 Å². The van der Waals surface area contributed by atoms with Gasteiger partial charge in [-0.15, -0.1) is 0 Å². The monoisotopic (exact) mass is 285 g/mol. The van der Waals surface area contributed by atoms with Crippen molar-refractivity contribution in [2.75, 3.05) is 11.1 Å². The third kappa shape index (κ3) is 3.01. The van der Waals surface area contributed by atoms with Gasteiger partial charge in [-0.1, -0.05) is 0 Å². The standard InChI is InChI=1S/C10H12FN5O2S/c11-8-3-7(19(13,17)18)1-2-9(8)14-4-6-5-15-16-10(6)12/h1-3,5,14H,4H2,(H3,12,15,16)(H2,13,17,18). The molecular formula is C10H12FN5O2S. The Morgan fingerprint density at radius 1 is 1.42 bits per heavy atom. The summed E-state index contributed by atoms with van der Waals surface area (Å²) in [4.78, 5) is -0.279. The summed E-state index contributed by atoms with van der Waals surface area (Å²) >= 11 is 0. The van der Waals surface area contributed by atoms with E-state index in [1.165, 1.54) is 18.3 Å². The van der Waals surface area contributed by atoms with Gasteiger partial charge >= 0.3 is 0 Å². The van der Waals surface area contributed by atoms with Crippen LogP contribution in [0.25, 0.3) is 0 Å². The van der Waals surface area contributed by atoms with Gasteiger partial charge in [0.1, 0.15) is 11.6 Å². The number of nitrogens with one attached hydrogen (secondary N) is 2. The number of hydrogen-bond donors (Lipinski definition) is 4. The first kappa shape index (κ1) is 13.3. The smallest absolute Gasteiger partial charge is 0.238 e. The average molecular weight is 285 g/mol. The third-order valence-electron chi connectivity index (χ3n) is 2.49. The van der Waals surface area contributed by atoms with Crippen molar-refractivity contribution >= 4 is 21.5 Å². The van der Waals surface area contributed by atoms with Crippen LogP contribution in [0.2, 0.25) is 0 Å². The molecule has 19 heavy (non-hydrogen) atoms. The number of halogens is 1. The lowest BCUT2D eigenvalue weighted by Crippen LogP contribution is -2.12. The highest BCUT2D eigenvalue weighted by Crippen LogP contribution is 2.19. The van der Waals surface area contributed by atoms with E-state index in [0.29, 0.717) is 11.4 Å². The summed E-state index contributed by atoms with van der Waals surface area (Å²) in [6, 6.07) is 3.38. The number of aromatic nitrogens is 2. The Hall–Kier alpha value is -2.13. The molecule has 0 bridgehead atoms. The maximum absolute atomic E-state index is 13.7. The molecule has 0 amide bonds. The van der Waals surface area contributed by atoms with Gasteiger partial charge in [0.25, 0.3) is 0 Å². The number of aromatic amines is 1. The van der Waals surface area contributed by atoms with Crippen molar-refractivity contribution < 1.29 is 12.8 Å². The number of primary sulfonamides is 1. The Balaban J connectivity index is 2.16. The number of rotatable bonds is 4. The summed E-state index contributed by atoms with van der Waals surface area (Å²) in [5.74, 6) is -0.331. The number of anilines is 2. The van der Waals surface area contributed by atoms with Gasteiger partial charge in [0.05, 0.1) is 16.8 Å². The van der Waals surface area contributed by atoms with Gasteiger partial charge in [0.15, 0.2) is 0 Å². The molecule has 102 valence electrons. The molecule has 2 rings (SSSR count). The Morgan fingerprint density at radius 2 is 2.16 bits per heavy atom.